The molecular weight excluding hydrogens is 400 g/mol. The van der Waals surface area contributed by atoms with Crippen LogP contribution in [0.2, 0.25) is 0 Å². The van der Waals surface area contributed by atoms with Gasteiger partial charge in [0.2, 0.25) is 5.91 Å². The second-order valence-corrected chi connectivity index (χ2v) is 8.34. The lowest BCUT2D eigenvalue weighted by molar-refractivity contribution is -0.151. The van der Waals surface area contributed by atoms with Crippen molar-refractivity contribution in [3.05, 3.63) is 59.2 Å². The number of hydrogen-bond donors (Lipinski definition) is 1. The molecule has 0 fully saturated rings. The largest absolute Gasteiger partial charge is 0.456 e. The second-order valence-electron chi connectivity index (χ2n) is 7.17. The molecule has 0 bridgehead atoms. The first kappa shape index (κ1) is 23.5. The molecule has 0 aromatic heterocycles. The molecule has 0 aliphatic rings. The molecule has 2 aromatic carbocycles. The molecule has 30 heavy (non-hydrogen) atoms. The van der Waals surface area contributed by atoms with Crippen LogP contribution in [-0.2, 0) is 19.1 Å². The van der Waals surface area contributed by atoms with E-state index in [0.717, 1.165) is 10.5 Å². The molecule has 6 nitrogen and oxygen atoms in total. The van der Waals surface area contributed by atoms with Gasteiger partial charge in [-0.25, -0.2) is 0 Å². The summed E-state index contributed by atoms with van der Waals surface area (Å²) in [6.07, 6.45) is 0.211. The van der Waals surface area contributed by atoms with Crippen LogP contribution in [0.1, 0.15) is 23.1 Å². The van der Waals surface area contributed by atoms with Crippen LogP contribution in [0.15, 0.2) is 47.4 Å². The number of rotatable bonds is 9. The lowest BCUT2D eigenvalue weighted by atomic mass is 10.1. The molecule has 2 rings (SSSR count). The van der Waals surface area contributed by atoms with E-state index in [0.29, 0.717) is 11.4 Å². The summed E-state index contributed by atoms with van der Waals surface area (Å²) in [6.45, 7) is 5.58. The minimum absolute atomic E-state index is 0.118. The number of anilines is 1. The van der Waals surface area contributed by atoms with Crippen molar-refractivity contribution in [2.24, 2.45) is 0 Å². The normalized spacial score (nSPS) is 10.4. The van der Waals surface area contributed by atoms with Gasteiger partial charge in [0, 0.05) is 23.4 Å². The van der Waals surface area contributed by atoms with Crippen LogP contribution in [0.3, 0.4) is 0 Å². The number of hydrogen-bond acceptors (Lipinski definition) is 5. The highest BCUT2D eigenvalue weighted by Crippen LogP contribution is 2.21. The van der Waals surface area contributed by atoms with Gasteiger partial charge in [-0.05, 0) is 56.2 Å². The minimum atomic E-state index is -0.433. The highest BCUT2D eigenvalue weighted by molar-refractivity contribution is 7.99. The summed E-state index contributed by atoms with van der Waals surface area (Å²) >= 11 is 1.57. The molecule has 0 saturated carbocycles. The van der Waals surface area contributed by atoms with Crippen LogP contribution in [0.4, 0.5) is 5.69 Å². The average molecular weight is 429 g/mol. The Morgan fingerprint density at radius 2 is 1.70 bits per heavy atom. The van der Waals surface area contributed by atoms with Gasteiger partial charge in [0.25, 0.3) is 5.91 Å². The monoisotopic (exact) mass is 428 g/mol. The quantitative estimate of drug-likeness (QED) is 0.486. The second kappa shape index (κ2) is 11.4. The lowest BCUT2D eigenvalue weighted by Gasteiger charge is -2.17. The van der Waals surface area contributed by atoms with Crippen LogP contribution < -0.4 is 5.32 Å². The fourth-order valence-electron chi connectivity index (χ4n) is 2.52. The highest BCUT2D eigenvalue weighted by Gasteiger charge is 2.15. The Morgan fingerprint density at radius 3 is 2.37 bits per heavy atom. The number of carbonyl (C=O) groups excluding carboxylic acids is 3. The first-order chi connectivity index (χ1) is 14.2. The molecule has 0 spiro atoms. The fraction of sp³-hybridized carbons (Fsp3) is 0.348. The van der Waals surface area contributed by atoms with Crippen molar-refractivity contribution in [2.45, 2.75) is 32.1 Å². The third kappa shape index (κ3) is 7.91. The van der Waals surface area contributed by atoms with Gasteiger partial charge in [0.15, 0.2) is 6.61 Å². The number of benzene rings is 2. The third-order valence-electron chi connectivity index (χ3n) is 4.55. The average Bonchev–Trinajstić information content (AvgIpc) is 2.70. The Hall–Kier alpha value is -2.80. The number of amides is 2. The number of likely N-dealkylation sites (N-methyl/N-ethyl adjacent to an activating group) is 1. The minimum Gasteiger partial charge on any atom is -0.456 e. The smallest absolute Gasteiger partial charge is 0.307 e. The Balaban J connectivity index is 1.66. The predicted octanol–water partition coefficient (Wildman–Crippen LogP) is 3.73. The fourth-order valence-corrected chi connectivity index (χ4v) is 3.45. The molecule has 7 heteroatoms. The molecule has 0 radical (unpaired) electrons. The van der Waals surface area contributed by atoms with Gasteiger partial charge >= 0.3 is 5.97 Å². The van der Waals surface area contributed by atoms with Gasteiger partial charge in [-0.15, -0.1) is 11.8 Å². The molecule has 0 saturated heterocycles. The summed E-state index contributed by atoms with van der Waals surface area (Å²) in [7, 11) is 1.50. The summed E-state index contributed by atoms with van der Waals surface area (Å²) in [5, 5.41) is 2.73. The van der Waals surface area contributed by atoms with Gasteiger partial charge in [-0.3, -0.25) is 14.4 Å². The zero-order valence-corrected chi connectivity index (χ0v) is 18.7. The molecule has 0 atom stereocenters. The standard InChI is InChI=1S/C23H28N2O4S/c1-16-5-8-19(9-6-16)24-21(26)14-25(4)22(27)15-29-23(28)11-12-30-20-10-7-17(2)18(3)13-20/h5-10,13H,11-12,14-15H2,1-4H3,(H,24,26). The van der Waals surface area contributed by atoms with Gasteiger partial charge in [0.1, 0.15) is 0 Å². The van der Waals surface area contributed by atoms with Crippen molar-refractivity contribution in [3.63, 3.8) is 0 Å². The van der Waals surface area contributed by atoms with Crippen molar-refractivity contribution in [2.75, 3.05) is 31.3 Å². The van der Waals surface area contributed by atoms with E-state index in [1.165, 1.54) is 23.1 Å². The Bertz CT molecular complexity index is 897. The number of aryl methyl sites for hydroxylation is 3. The summed E-state index contributed by atoms with van der Waals surface area (Å²) in [4.78, 5) is 38.4. The summed E-state index contributed by atoms with van der Waals surface area (Å²) in [5.41, 5.74) is 4.20. The van der Waals surface area contributed by atoms with E-state index in [4.69, 9.17) is 4.74 Å². The number of thioether (sulfide) groups is 1. The molecule has 0 aliphatic heterocycles. The maximum atomic E-state index is 12.1. The van der Waals surface area contributed by atoms with Gasteiger partial charge in [-0.2, -0.15) is 0 Å². The van der Waals surface area contributed by atoms with Crippen molar-refractivity contribution in [1.29, 1.82) is 0 Å². The number of ether oxygens (including phenoxy) is 1. The van der Waals surface area contributed by atoms with E-state index < -0.39 is 11.9 Å². The van der Waals surface area contributed by atoms with Crippen molar-refractivity contribution in [1.82, 2.24) is 4.90 Å². The molecule has 0 heterocycles. The molecule has 2 amide bonds. The van der Waals surface area contributed by atoms with E-state index in [1.807, 2.05) is 25.1 Å². The molecule has 0 unspecified atom stereocenters. The van der Waals surface area contributed by atoms with Crippen molar-refractivity contribution < 1.29 is 19.1 Å². The Labute approximate surface area is 182 Å². The maximum absolute atomic E-state index is 12.1. The third-order valence-corrected chi connectivity index (χ3v) is 5.55. The lowest BCUT2D eigenvalue weighted by Crippen LogP contribution is -2.37. The molecule has 1 N–H and O–H groups in total. The molecule has 2 aromatic rings. The van der Waals surface area contributed by atoms with Crippen LogP contribution in [0, 0.1) is 20.8 Å². The molecule has 0 aliphatic carbocycles. The van der Waals surface area contributed by atoms with Gasteiger partial charge in [0.05, 0.1) is 13.0 Å². The number of esters is 1. The Kier molecular flexibility index (Phi) is 8.92. The number of nitrogens with one attached hydrogen (secondary N) is 1. The first-order valence-electron chi connectivity index (χ1n) is 9.71. The molecular formula is C23H28N2O4S. The van der Waals surface area contributed by atoms with Crippen molar-refractivity contribution >= 4 is 35.2 Å². The zero-order valence-electron chi connectivity index (χ0n) is 17.9. The van der Waals surface area contributed by atoms with E-state index in [-0.39, 0.29) is 25.5 Å². The zero-order chi connectivity index (χ0) is 22.1. The summed E-state index contributed by atoms with van der Waals surface area (Å²) in [6, 6.07) is 13.5. The molecule has 160 valence electrons. The summed E-state index contributed by atoms with van der Waals surface area (Å²) in [5.74, 6) is -0.600. The van der Waals surface area contributed by atoms with E-state index in [9.17, 15) is 14.4 Å². The van der Waals surface area contributed by atoms with E-state index >= 15 is 0 Å². The van der Waals surface area contributed by atoms with Gasteiger partial charge in [-0.1, -0.05) is 23.8 Å². The predicted molar refractivity (Wildman–Crippen MR) is 120 cm³/mol. The highest BCUT2D eigenvalue weighted by atomic mass is 32.2. The summed E-state index contributed by atoms with van der Waals surface area (Å²) < 4.78 is 5.04. The number of carbonyl (C=O) groups is 3. The van der Waals surface area contributed by atoms with E-state index in [1.54, 1.807) is 23.9 Å². The van der Waals surface area contributed by atoms with Crippen molar-refractivity contribution in [3.8, 4) is 0 Å². The van der Waals surface area contributed by atoms with Crippen LogP contribution >= 0.6 is 11.8 Å². The van der Waals surface area contributed by atoms with Crippen LogP contribution in [0.25, 0.3) is 0 Å². The topological polar surface area (TPSA) is 75.7 Å². The first-order valence-corrected chi connectivity index (χ1v) is 10.7. The maximum Gasteiger partial charge on any atom is 0.307 e. The SMILES string of the molecule is Cc1ccc(NC(=O)CN(C)C(=O)COC(=O)CCSc2ccc(C)c(C)c2)cc1. The van der Waals surface area contributed by atoms with Crippen LogP contribution in [0.5, 0.6) is 0 Å². The van der Waals surface area contributed by atoms with Gasteiger partial charge < -0.3 is 15.0 Å². The van der Waals surface area contributed by atoms with E-state index in [2.05, 4.69) is 31.3 Å². The Morgan fingerprint density at radius 1 is 1.00 bits per heavy atom. The van der Waals surface area contributed by atoms with Crippen LogP contribution in [-0.4, -0.2) is 48.6 Å². The number of nitrogens with zero attached hydrogens (tertiary/aromatic N) is 1.